The van der Waals surface area contributed by atoms with Gasteiger partial charge in [-0.15, -0.1) is 4.48 Å². The highest BCUT2D eigenvalue weighted by Crippen LogP contribution is 2.57. The molecule has 1 fully saturated rings. The maximum atomic E-state index is 12.0. The molecular weight excluding hydrogens is 214 g/mol. The minimum absolute atomic E-state index is 2.48. The molecule has 13 heavy (non-hydrogen) atoms. The van der Waals surface area contributed by atoms with Crippen molar-refractivity contribution in [2.75, 3.05) is 0 Å². The lowest BCUT2D eigenvalue weighted by molar-refractivity contribution is -0.320. The number of hydrogen-bond acceptors (Lipinski definition) is 1. The first-order valence-electron chi connectivity index (χ1n) is 2.79. The minimum Gasteiger partial charge on any atom is -0.220 e. The van der Waals surface area contributed by atoms with Crippen molar-refractivity contribution in [3.63, 3.8) is 0 Å². The fourth-order valence-electron chi connectivity index (χ4n) is 0.769. The highest BCUT2D eigenvalue weighted by Gasteiger charge is 2.86. The summed E-state index contributed by atoms with van der Waals surface area (Å²) in [6.07, 6.45) is -4.35. The Hall–Kier alpha value is -0.600. The molecule has 0 aromatic rings. The first-order valence-corrected chi connectivity index (χ1v) is 2.79. The number of hydrogen-bond donors (Lipinski definition) is 0. The Kier molecular flexibility index (Phi) is 1.82. The van der Waals surface area contributed by atoms with Crippen molar-refractivity contribution in [2.24, 2.45) is 0 Å². The molecule has 0 saturated carbocycles. The van der Waals surface area contributed by atoms with Crippen LogP contribution >= 0.6 is 0 Å². The van der Waals surface area contributed by atoms with E-state index in [1.165, 1.54) is 0 Å². The number of nitrogens with zero attached hydrogens (tertiary/aromatic N) is 1. The molecule has 1 saturated heterocycles. The van der Waals surface area contributed by atoms with Crippen LogP contribution < -0.4 is 0 Å². The molecule has 0 aromatic carbocycles. The summed E-state index contributed by atoms with van der Waals surface area (Å²) in [6.45, 7) is 0. The third-order valence-electron chi connectivity index (χ3n) is 1.56. The molecule has 0 aliphatic carbocycles. The van der Waals surface area contributed by atoms with E-state index in [0.717, 1.165) is 0 Å². The zero-order valence-corrected chi connectivity index (χ0v) is 5.55. The number of rotatable bonds is 0. The van der Waals surface area contributed by atoms with Crippen molar-refractivity contribution in [1.29, 1.82) is 0 Å². The summed E-state index contributed by atoms with van der Waals surface area (Å²) >= 11 is 0. The Labute approximate surface area is 65.8 Å². The van der Waals surface area contributed by atoms with E-state index in [1.807, 2.05) is 0 Å². The molecule has 1 aliphatic heterocycles. The van der Waals surface area contributed by atoms with E-state index in [4.69, 9.17) is 0 Å². The van der Waals surface area contributed by atoms with Crippen molar-refractivity contribution >= 4 is 0 Å². The molecule has 0 N–H and O–H groups in total. The Morgan fingerprint density at radius 2 is 1.31 bits per heavy atom. The van der Waals surface area contributed by atoms with Crippen LogP contribution in [0.15, 0.2) is 0 Å². The van der Waals surface area contributed by atoms with Crippen molar-refractivity contribution in [3.8, 4) is 0 Å². The quantitative estimate of drug-likeness (QED) is 0.340. The van der Waals surface area contributed by atoms with Crippen molar-refractivity contribution in [3.05, 3.63) is 0 Å². The van der Waals surface area contributed by atoms with E-state index in [2.05, 4.69) is 0 Å². The van der Waals surface area contributed by atoms with E-state index in [-0.39, 0.29) is 0 Å². The fourth-order valence-corrected chi connectivity index (χ4v) is 0.769. The summed E-state index contributed by atoms with van der Waals surface area (Å²) in [4.78, 5) is 0. The predicted octanol–water partition coefficient (Wildman–Crippen LogP) is 2.35. The molecule has 1 heterocycles. The maximum Gasteiger partial charge on any atom is 0.401 e. The van der Waals surface area contributed by atoms with Crippen LogP contribution in [0.3, 0.4) is 0 Å². The first-order chi connectivity index (χ1) is 5.57. The van der Waals surface area contributed by atoms with Crippen molar-refractivity contribution in [2.45, 2.75) is 24.2 Å². The normalized spacial score (nSPS) is 36.5. The van der Waals surface area contributed by atoms with Gasteiger partial charge in [0.2, 0.25) is 0 Å². The summed E-state index contributed by atoms with van der Waals surface area (Å²) in [5.74, 6) is -11.8. The smallest absolute Gasteiger partial charge is 0.220 e. The van der Waals surface area contributed by atoms with E-state index in [9.17, 15) is 35.2 Å². The van der Waals surface area contributed by atoms with E-state index >= 15 is 0 Å². The predicted molar refractivity (Wildman–Crippen MR) is 22.7 cm³/mol. The van der Waals surface area contributed by atoms with Gasteiger partial charge in [-0.2, -0.15) is 26.3 Å². The molecule has 0 amide bonds. The lowest BCUT2D eigenvalue weighted by Crippen LogP contribution is -2.49. The third-order valence-corrected chi connectivity index (χ3v) is 1.56. The van der Waals surface area contributed by atoms with Gasteiger partial charge in [-0.25, -0.2) is 4.39 Å². The van der Waals surface area contributed by atoms with Crippen LogP contribution in [0.2, 0.25) is 0 Å². The van der Waals surface area contributed by atoms with Gasteiger partial charge in [0.1, 0.15) is 0 Å². The van der Waals surface area contributed by atoms with Crippen LogP contribution in [0.4, 0.5) is 35.2 Å². The summed E-state index contributed by atoms with van der Waals surface area (Å²) in [7, 11) is 0. The number of alkyl halides is 7. The molecule has 0 spiro atoms. The van der Waals surface area contributed by atoms with Crippen LogP contribution in [0.1, 0.15) is 0 Å². The maximum absolute atomic E-state index is 12.0. The largest absolute Gasteiger partial charge is 0.401 e. The SMILES string of the molecule is FC1N(F)C(F)(F)C(F)(F)C1(F)F. The molecule has 9 heteroatoms. The Morgan fingerprint density at radius 3 is 1.38 bits per heavy atom. The van der Waals surface area contributed by atoms with Crippen LogP contribution in [0.5, 0.6) is 0 Å². The Balaban J connectivity index is 3.23. The van der Waals surface area contributed by atoms with Gasteiger partial charge < -0.3 is 0 Å². The van der Waals surface area contributed by atoms with Gasteiger partial charge in [0.05, 0.1) is 0 Å². The average molecular weight is 215 g/mol. The lowest BCUT2D eigenvalue weighted by atomic mass is 10.2. The zero-order valence-electron chi connectivity index (χ0n) is 5.55. The third kappa shape index (κ3) is 0.903. The van der Waals surface area contributed by atoms with Crippen molar-refractivity contribution in [1.82, 2.24) is 5.12 Å². The fraction of sp³-hybridized carbons (Fsp3) is 1.00. The highest BCUT2D eigenvalue weighted by molar-refractivity contribution is 5.05. The Bertz CT molecular complexity index is 202. The van der Waals surface area contributed by atoms with Crippen molar-refractivity contribution < 1.29 is 35.2 Å². The van der Waals surface area contributed by atoms with Gasteiger partial charge in [0, 0.05) is 0 Å². The lowest BCUT2D eigenvalue weighted by Gasteiger charge is -2.21. The van der Waals surface area contributed by atoms with Gasteiger partial charge >= 0.3 is 17.9 Å². The second-order valence-electron chi connectivity index (χ2n) is 2.39. The highest BCUT2D eigenvalue weighted by atomic mass is 19.4. The molecule has 1 aliphatic rings. The Morgan fingerprint density at radius 1 is 0.923 bits per heavy atom. The van der Waals surface area contributed by atoms with Crippen LogP contribution in [-0.4, -0.2) is 29.3 Å². The van der Waals surface area contributed by atoms with Gasteiger partial charge in [0.15, 0.2) is 0 Å². The summed E-state index contributed by atoms with van der Waals surface area (Å²) < 4.78 is 95.6. The molecule has 0 radical (unpaired) electrons. The van der Waals surface area contributed by atoms with Gasteiger partial charge in [0.25, 0.3) is 6.30 Å². The monoisotopic (exact) mass is 215 g/mol. The second-order valence-corrected chi connectivity index (χ2v) is 2.39. The molecular formula is C4HF8N. The summed E-state index contributed by atoms with van der Waals surface area (Å²) in [5, 5.41) is -2.48. The average Bonchev–Trinajstić information content (AvgIpc) is 2.05. The zero-order chi connectivity index (χ0) is 10.7. The van der Waals surface area contributed by atoms with Gasteiger partial charge in [-0.05, 0) is 5.12 Å². The van der Waals surface area contributed by atoms with E-state index in [0.29, 0.717) is 0 Å². The van der Waals surface area contributed by atoms with Crippen LogP contribution in [0.25, 0.3) is 0 Å². The molecule has 1 nitrogen and oxygen atoms in total. The molecule has 1 rings (SSSR count). The molecule has 0 aromatic heterocycles. The summed E-state index contributed by atoms with van der Waals surface area (Å²) in [5.41, 5.74) is 0. The van der Waals surface area contributed by atoms with E-state index < -0.39 is 29.3 Å². The first kappa shape index (κ1) is 10.5. The standard InChI is InChI=1S/C4HF8N/c5-1-2(6,7)3(8,9)4(10,11)13(1)12/h1H. The van der Waals surface area contributed by atoms with E-state index in [1.54, 1.807) is 0 Å². The summed E-state index contributed by atoms with van der Waals surface area (Å²) in [6, 6.07) is -5.84. The van der Waals surface area contributed by atoms with Gasteiger partial charge in [-0.1, -0.05) is 0 Å². The molecule has 1 unspecified atom stereocenters. The van der Waals surface area contributed by atoms with Crippen LogP contribution in [-0.2, 0) is 0 Å². The topological polar surface area (TPSA) is 3.24 Å². The second kappa shape index (κ2) is 2.25. The number of halogens is 8. The van der Waals surface area contributed by atoms with Gasteiger partial charge in [-0.3, -0.25) is 0 Å². The molecule has 78 valence electrons. The minimum atomic E-state index is -6.06. The molecule has 1 atom stereocenters. The van der Waals surface area contributed by atoms with Crippen LogP contribution in [0, 0.1) is 0 Å². The molecule has 0 bridgehead atoms.